The molecule has 0 saturated carbocycles. The first-order valence-corrected chi connectivity index (χ1v) is 11.8. The lowest BCUT2D eigenvalue weighted by Gasteiger charge is -2.45. The van der Waals surface area contributed by atoms with Crippen LogP contribution in [-0.2, 0) is 4.74 Å². The van der Waals surface area contributed by atoms with E-state index in [0.29, 0.717) is 0 Å². The Hall–Kier alpha value is -0.120. The molecule has 0 spiro atoms. The molecule has 7 heteroatoms. The Morgan fingerprint density at radius 2 is 1.69 bits per heavy atom. The Kier molecular flexibility index (Phi) is 9.32. The van der Waals surface area contributed by atoms with Crippen molar-refractivity contribution in [3.05, 3.63) is 0 Å². The van der Waals surface area contributed by atoms with Crippen LogP contribution in [0.5, 0.6) is 0 Å². The van der Waals surface area contributed by atoms with Crippen molar-refractivity contribution < 1.29 is 4.74 Å². The van der Waals surface area contributed by atoms with Gasteiger partial charge in [0, 0.05) is 52.0 Å². The van der Waals surface area contributed by atoms with E-state index in [-0.39, 0.29) is 29.5 Å². The number of nitrogens with one attached hydrogen (secondary N) is 1. The van der Waals surface area contributed by atoms with Crippen LogP contribution in [0.15, 0.2) is 4.99 Å². The lowest BCUT2D eigenvalue weighted by atomic mass is 9.88. The maximum Gasteiger partial charge on any atom is 0.193 e. The molecule has 0 amide bonds. The number of hydrogen-bond donors (Lipinski definition) is 1. The fraction of sp³-hybridized carbons (Fsp3) is 0.955. The summed E-state index contributed by atoms with van der Waals surface area (Å²) in [5.74, 6) is 1.92. The van der Waals surface area contributed by atoms with Crippen molar-refractivity contribution in [2.24, 2.45) is 10.9 Å². The summed E-state index contributed by atoms with van der Waals surface area (Å²) >= 11 is 0. The van der Waals surface area contributed by atoms with Crippen molar-refractivity contribution >= 4 is 29.9 Å². The zero-order valence-corrected chi connectivity index (χ0v) is 20.7. The van der Waals surface area contributed by atoms with Crippen LogP contribution in [0.25, 0.3) is 0 Å². The highest BCUT2D eigenvalue weighted by Crippen LogP contribution is 2.31. The molecule has 1 unspecified atom stereocenters. The summed E-state index contributed by atoms with van der Waals surface area (Å²) in [6.45, 7) is 11.5. The van der Waals surface area contributed by atoms with E-state index >= 15 is 0 Å². The molecule has 0 aromatic carbocycles. The standard InChI is InChI=1S/C22H41N5O.HI/c1-23-21(26-14-7-20(18-26)17-25-10-3-2-4-11-25)24-19-22(8-15-28-16-9-22)27-12-5-6-13-27;/h20H,2-19H2,1H3,(H,23,24);1H. The Morgan fingerprint density at radius 3 is 2.38 bits per heavy atom. The molecule has 0 aromatic heterocycles. The van der Waals surface area contributed by atoms with Gasteiger partial charge in [-0.2, -0.15) is 0 Å². The van der Waals surface area contributed by atoms with Gasteiger partial charge in [-0.15, -0.1) is 24.0 Å². The minimum atomic E-state index is 0. The molecule has 29 heavy (non-hydrogen) atoms. The van der Waals surface area contributed by atoms with Crippen molar-refractivity contribution in [3.8, 4) is 0 Å². The van der Waals surface area contributed by atoms with Crippen LogP contribution in [0.2, 0.25) is 0 Å². The molecule has 0 radical (unpaired) electrons. The number of likely N-dealkylation sites (tertiary alicyclic amines) is 3. The van der Waals surface area contributed by atoms with Gasteiger partial charge in [-0.1, -0.05) is 6.42 Å². The minimum absolute atomic E-state index is 0. The summed E-state index contributed by atoms with van der Waals surface area (Å²) < 4.78 is 5.70. The van der Waals surface area contributed by atoms with E-state index in [1.165, 1.54) is 71.2 Å². The van der Waals surface area contributed by atoms with Gasteiger partial charge in [0.25, 0.3) is 0 Å². The second kappa shape index (κ2) is 11.5. The van der Waals surface area contributed by atoms with Crippen molar-refractivity contribution in [1.82, 2.24) is 20.0 Å². The van der Waals surface area contributed by atoms with E-state index in [1.54, 1.807) is 0 Å². The van der Waals surface area contributed by atoms with E-state index in [4.69, 9.17) is 4.74 Å². The van der Waals surface area contributed by atoms with E-state index in [1.807, 2.05) is 7.05 Å². The van der Waals surface area contributed by atoms with E-state index < -0.39 is 0 Å². The van der Waals surface area contributed by atoms with Crippen LogP contribution in [-0.4, -0.2) is 98.8 Å². The van der Waals surface area contributed by atoms with Crippen molar-refractivity contribution in [2.45, 2.75) is 56.9 Å². The first-order chi connectivity index (χ1) is 13.8. The van der Waals surface area contributed by atoms with Gasteiger partial charge in [0.1, 0.15) is 0 Å². The van der Waals surface area contributed by atoms with Crippen LogP contribution >= 0.6 is 24.0 Å². The van der Waals surface area contributed by atoms with E-state index in [0.717, 1.165) is 57.6 Å². The molecule has 0 bridgehead atoms. The third kappa shape index (κ3) is 5.98. The van der Waals surface area contributed by atoms with Gasteiger partial charge in [0.05, 0.1) is 0 Å². The highest BCUT2D eigenvalue weighted by atomic mass is 127. The third-order valence-electron chi connectivity index (χ3n) is 7.54. The van der Waals surface area contributed by atoms with Gasteiger partial charge >= 0.3 is 0 Å². The summed E-state index contributed by atoms with van der Waals surface area (Å²) in [6, 6.07) is 0. The number of nitrogens with zero attached hydrogens (tertiary/aromatic N) is 4. The molecule has 4 aliphatic heterocycles. The molecule has 1 N–H and O–H groups in total. The third-order valence-corrected chi connectivity index (χ3v) is 7.54. The fourth-order valence-corrected chi connectivity index (χ4v) is 5.80. The van der Waals surface area contributed by atoms with Gasteiger partial charge in [0.2, 0.25) is 0 Å². The molecule has 0 aromatic rings. The Bertz CT molecular complexity index is 513. The van der Waals surface area contributed by atoms with Crippen molar-refractivity contribution in [1.29, 1.82) is 0 Å². The summed E-state index contributed by atoms with van der Waals surface area (Å²) in [7, 11) is 1.95. The van der Waals surface area contributed by atoms with Crippen LogP contribution in [0.4, 0.5) is 0 Å². The second-order valence-electron chi connectivity index (χ2n) is 9.39. The van der Waals surface area contributed by atoms with Crippen LogP contribution in [0, 0.1) is 5.92 Å². The first-order valence-electron chi connectivity index (χ1n) is 11.8. The zero-order chi connectivity index (χ0) is 19.2. The molecule has 1 atom stereocenters. The second-order valence-corrected chi connectivity index (χ2v) is 9.39. The lowest BCUT2D eigenvalue weighted by molar-refractivity contribution is -0.0166. The number of halogens is 1. The van der Waals surface area contributed by atoms with Gasteiger partial charge in [0.15, 0.2) is 5.96 Å². The highest BCUT2D eigenvalue weighted by molar-refractivity contribution is 14.0. The molecule has 4 rings (SSSR count). The summed E-state index contributed by atoms with van der Waals surface area (Å²) in [6.07, 6.45) is 10.5. The number of aliphatic imine (C=N–C) groups is 1. The van der Waals surface area contributed by atoms with E-state index in [9.17, 15) is 0 Å². The van der Waals surface area contributed by atoms with Gasteiger partial charge in [-0.3, -0.25) is 9.89 Å². The maximum absolute atomic E-state index is 5.70. The highest BCUT2D eigenvalue weighted by Gasteiger charge is 2.40. The molecular formula is C22H42IN5O. The van der Waals surface area contributed by atoms with Crippen molar-refractivity contribution in [3.63, 3.8) is 0 Å². The smallest absolute Gasteiger partial charge is 0.193 e. The number of ether oxygens (including phenoxy) is 1. The van der Waals surface area contributed by atoms with Crippen LogP contribution < -0.4 is 5.32 Å². The SMILES string of the molecule is CN=C(NCC1(N2CCCC2)CCOCC1)N1CCC(CN2CCCCC2)C1.I. The first kappa shape index (κ1) is 23.5. The fourth-order valence-electron chi connectivity index (χ4n) is 5.80. The molecule has 4 heterocycles. The van der Waals surface area contributed by atoms with E-state index in [2.05, 4.69) is 25.0 Å². The number of piperidine rings is 1. The largest absolute Gasteiger partial charge is 0.381 e. The predicted molar refractivity (Wildman–Crippen MR) is 130 cm³/mol. The Balaban J connectivity index is 0.00000240. The normalized spacial score (nSPS) is 29.1. The van der Waals surface area contributed by atoms with Crippen LogP contribution in [0.3, 0.4) is 0 Å². The lowest BCUT2D eigenvalue weighted by Crippen LogP contribution is -2.58. The summed E-state index contributed by atoms with van der Waals surface area (Å²) in [4.78, 5) is 12.6. The van der Waals surface area contributed by atoms with Crippen molar-refractivity contribution in [2.75, 3.05) is 72.6 Å². The summed E-state index contributed by atoms with van der Waals surface area (Å²) in [5, 5.41) is 3.79. The molecule has 4 fully saturated rings. The van der Waals surface area contributed by atoms with Gasteiger partial charge in [-0.25, -0.2) is 0 Å². The maximum atomic E-state index is 5.70. The average molecular weight is 520 g/mol. The quantitative estimate of drug-likeness (QED) is 0.344. The Morgan fingerprint density at radius 1 is 1.00 bits per heavy atom. The molecule has 6 nitrogen and oxygen atoms in total. The van der Waals surface area contributed by atoms with Crippen LogP contribution in [0.1, 0.15) is 51.4 Å². The van der Waals surface area contributed by atoms with Gasteiger partial charge < -0.3 is 19.9 Å². The number of rotatable bonds is 5. The number of hydrogen-bond acceptors (Lipinski definition) is 4. The summed E-state index contributed by atoms with van der Waals surface area (Å²) in [5.41, 5.74) is 0.262. The average Bonchev–Trinajstić information content (AvgIpc) is 3.43. The molecule has 4 saturated heterocycles. The number of guanidine groups is 1. The predicted octanol–water partition coefficient (Wildman–Crippen LogP) is 2.63. The van der Waals surface area contributed by atoms with Gasteiger partial charge in [-0.05, 0) is 77.0 Å². The Labute approximate surface area is 194 Å². The molecule has 4 aliphatic rings. The monoisotopic (exact) mass is 519 g/mol. The molecular weight excluding hydrogens is 477 g/mol. The molecule has 168 valence electrons. The minimum Gasteiger partial charge on any atom is -0.381 e. The zero-order valence-electron chi connectivity index (χ0n) is 18.4. The molecule has 0 aliphatic carbocycles. The topological polar surface area (TPSA) is 43.3 Å².